The summed E-state index contributed by atoms with van der Waals surface area (Å²) in [6, 6.07) is 0.259. The molecule has 0 spiro atoms. The van der Waals surface area contributed by atoms with E-state index < -0.39 is 10.0 Å². The normalized spacial score (nSPS) is 20.4. The van der Waals surface area contributed by atoms with Gasteiger partial charge in [-0.1, -0.05) is 13.8 Å². The summed E-state index contributed by atoms with van der Waals surface area (Å²) in [5, 5.41) is 0. The highest BCUT2D eigenvalue weighted by Crippen LogP contribution is 2.13. The van der Waals surface area contributed by atoms with Crippen molar-refractivity contribution in [3.05, 3.63) is 0 Å². The zero-order chi connectivity index (χ0) is 15.2. The number of nitrogens with one attached hydrogen (secondary N) is 1. The first-order valence-electron chi connectivity index (χ1n) is 7.31. The van der Waals surface area contributed by atoms with Crippen molar-refractivity contribution in [2.45, 2.75) is 26.3 Å². The van der Waals surface area contributed by atoms with E-state index in [4.69, 9.17) is 11.6 Å². The summed E-state index contributed by atoms with van der Waals surface area (Å²) >= 11 is 5.55. The lowest BCUT2D eigenvalue weighted by Crippen LogP contribution is -2.54. The van der Waals surface area contributed by atoms with Gasteiger partial charge in [0.05, 0.1) is 5.75 Å². The average Bonchev–Trinajstić information content (AvgIpc) is 2.38. The first-order valence-corrected chi connectivity index (χ1v) is 9.50. The van der Waals surface area contributed by atoms with Crippen LogP contribution in [0.3, 0.4) is 0 Å². The molecule has 0 aromatic rings. The summed E-state index contributed by atoms with van der Waals surface area (Å²) in [5.41, 5.74) is 0. The molecule has 0 aromatic heterocycles. The molecule has 1 aliphatic rings. The zero-order valence-electron chi connectivity index (χ0n) is 12.8. The highest BCUT2D eigenvalue weighted by atomic mass is 35.5. The monoisotopic (exact) mass is 325 g/mol. The van der Waals surface area contributed by atoms with Gasteiger partial charge in [-0.3, -0.25) is 4.90 Å². The number of halogens is 1. The maximum Gasteiger partial charge on any atom is 0.211 e. The second-order valence-electron chi connectivity index (χ2n) is 5.86. The van der Waals surface area contributed by atoms with Gasteiger partial charge in [0.15, 0.2) is 0 Å². The molecule has 1 rings (SSSR count). The van der Waals surface area contributed by atoms with E-state index in [-0.39, 0.29) is 11.8 Å². The molecule has 20 heavy (non-hydrogen) atoms. The molecule has 1 saturated heterocycles. The zero-order valence-corrected chi connectivity index (χ0v) is 14.4. The van der Waals surface area contributed by atoms with Crippen molar-refractivity contribution in [3.8, 4) is 0 Å². The number of sulfonamides is 1. The predicted octanol–water partition coefficient (Wildman–Crippen LogP) is 0.807. The van der Waals surface area contributed by atoms with E-state index in [1.807, 2.05) is 0 Å². The number of alkyl halides is 1. The van der Waals surface area contributed by atoms with Crippen molar-refractivity contribution in [1.82, 2.24) is 14.5 Å². The molecule has 1 unspecified atom stereocenters. The number of piperazine rings is 1. The fourth-order valence-corrected chi connectivity index (χ4v) is 3.85. The van der Waals surface area contributed by atoms with Gasteiger partial charge in [-0.15, -0.1) is 11.6 Å². The largest absolute Gasteiger partial charge is 0.304 e. The van der Waals surface area contributed by atoms with E-state index in [0.717, 1.165) is 26.2 Å². The summed E-state index contributed by atoms with van der Waals surface area (Å²) in [7, 11) is -1.07. The smallest absolute Gasteiger partial charge is 0.211 e. The summed E-state index contributed by atoms with van der Waals surface area (Å²) in [6.07, 6.45) is 0.498. The minimum absolute atomic E-state index is 0.115. The third-order valence-electron chi connectivity index (χ3n) is 3.84. The molecule has 0 saturated carbocycles. The van der Waals surface area contributed by atoms with Gasteiger partial charge in [-0.2, -0.15) is 0 Å². The number of likely N-dealkylation sites (N-methyl/N-ethyl adjacent to an activating group) is 1. The van der Waals surface area contributed by atoms with Gasteiger partial charge in [-0.25, -0.2) is 13.1 Å². The fraction of sp³-hybridized carbons (Fsp3) is 1.00. The quantitative estimate of drug-likeness (QED) is 0.671. The van der Waals surface area contributed by atoms with Crippen LogP contribution in [0.15, 0.2) is 0 Å². The van der Waals surface area contributed by atoms with Crippen molar-refractivity contribution in [2.75, 3.05) is 51.4 Å². The van der Waals surface area contributed by atoms with Crippen LogP contribution in [0.5, 0.6) is 0 Å². The maximum atomic E-state index is 11.9. The molecule has 1 fully saturated rings. The Hall–Kier alpha value is 0.120. The van der Waals surface area contributed by atoms with E-state index in [9.17, 15) is 8.42 Å². The highest BCUT2D eigenvalue weighted by molar-refractivity contribution is 7.89. The second-order valence-corrected chi connectivity index (χ2v) is 8.16. The standard InChI is InChI=1S/C13H28ClN3O2S/c1-12(2)13(17-8-6-16(3)7-9-17)11-15-20(18,19)10-4-5-14/h12-13,15H,4-11H2,1-3H3. The van der Waals surface area contributed by atoms with Gasteiger partial charge in [-0.05, 0) is 19.4 Å². The molecular weight excluding hydrogens is 298 g/mol. The lowest BCUT2D eigenvalue weighted by atomic mass is 10.0. The maximum absolute atomic E-state index is 11.9. The van der Waals surface area contributed by atoms with Crippen molar-refractivity contribution in [3.63, 3.8) is 0 Å². The van der Waals surface area contributed by atoms with Crippen LogP contribution in [-0.2, 0) is 10.0 Å². The molecule has 0 aliphatic carbocycles. The molecule has 0 radical (unpaired) electrons. The van der Waals surface area contributed by atoms with Gasteiger partial charge in [0, 0.05) is 44.6 Å². The molecule has 5 nitrogen and oxygen atoms in total. The summed E-state index contributed by atoms with van der Waals surface area (Å²) < 4.78 is 26.5. The Morgan fingerprint density at radius 1 is 1.20 bits per heavy atom. The average molecular weight is 326 g/mol. The van der Waals surface area contributed by atoms with Gasteiger partial charge < -0.3 is 4.90 Å². The van der Waals surface area contributed by atoms with Crippen molar-refractivity contribution in [2.24, 2.45) is 5.92 Å². The minimum atomic E-state index is -3.19. The Bertz CT molecular complexity index is 368. The van der Waals surface area contributed by atoms with Gasteiger partial charge in [0.2, 0.25) is 10.0 Å². The number of nitrogens with zero attached hydrogens (tertiary/aromatic N) is 2. The number of rotatable bonds is 8. The van der Waals surface area contributed by atoms with Crippen LogP contribution < -0.4 is 4.72 Å². The van der Waals surface area contributed by atoms with Crippen molar-refractivity contribution in [1.29, 1.82) is 0 Å². The molecule has 0 aromatic carbocycles. The van der Waals surface area contributed by atoms with E-state index in [0.29, 0.717) is 24.8 Å². The Labute approximate surface area is 128 Å². The van der Waals surface area contributed by atoms with Gasteiger partial charge >= 0.3 is 0 Å². The molecule has 1 aliphatic heterocycles. The molecular formula is C13H28ClN3O2S. The predicted molar refractivity (Wildman–Crippen MR) is 84.8 cm³/mol. The third kappa shape index (κ3) is 6.26. The topological polar surface area (TPSA) is 52.7 Å². The van der Waals surface area contributed by atoms with Crippen molar-refractivity contribution >= 4 is 21.6 Å². The summed E-state index contributed by atoms with van der Waals surface area (Å²) in [6.45, 7) is 8.88. The van der Waals surface area contributed by atoms with Crippen LogP contribution in [0, 0.1) is 5.92 Å². The van der Waals surface area contributed by atoms with Crippen LogP contribution >= 0.6 is 11.6 Å². The van der Waals surface area contributed by atoms with Crippen LogP contribution in [0.1, 0.15) is 20.3 Å². The Morgan fingerprint density at radius 2 is 1.80 bits per heavy atom. The van der Waals surface area contributed by atoms with E-state index in [2.05, 4.69) is 35.4 Å². The van der Waals surface area contributed by atoms with E-state index in [1.54, 1.807) is 0 Å². The minimum Gasteiger partial charge on any atom is -0.304 e. The fourth-order valence-electron chi connectivity index (χ4n) is 2.47. The van der Waals surface area contributed by atoms with E-state index in [1.165, 1.54) is 0 Å². The van der Waals surface area contributed by atoms with E-state index >= 15 is 0 Å². The van der Waals surface area contributed by atoms with Crippen molar-refractivity contribution < 1.29 is 8.42 Å². The molecule has 7 heteroatoms. The SMILES string of the molecule is CC(C)C(CNS(=O)(=O)CCCCl)N1CCN(C)CC1. The first-order chi connectivity index (χ1) is 9.35. The molecule has 120 valence electrons. The lowest BCUT2D eigenvalue weighted by molar-refractivity contribution is 0.0905. The van der Waals surface area contributed by atoms with Gasteiger partial charge in [0.25, 0.3) is 0 Å². The van der Waals surface area contributed by atoms with Gasteiger partial charge in [0.1, 0.15) is 0 Å². The first kappa shape index (κ1) is 18.2. The molecule has 0 amide bonds. The molecule has 1 atom stereocenters. The lowest BCUT2D eigenvalue weighted by Gasteiger charge is -2.39. The molecule has 1 N–H and O–H groups in total. The van der Waals surface area contributed by atoms with Crippen LogP contribution in [0.4, 0.5) is 0 Å². The van der Waals surface area contributed by atoms with Crippen LogP contribution in [0.2, 0.25) is 0 Å². The Balaban J connectivity index is 2.51. The summed E-state index contributed by atoms with van der Waals surface area (Å²) in [4.78, 5) is 4.70. The second kappa shape index (κ2) is 8.54. The number of hydrogen-bond donors (Lipinski definition) is 1. The molecule has 0 bridgehead atoms. The summed E-state index contributed by atoms with van der Waals surface area (Å²) in [5.74, 6) is 0.922. The van der Waals surface area contributed by atoms with Crippen LogP contribution in [-0.4, -0.2) is 75.7 Å². The Morgan fingerprint density at radius 3 is 2.30 bits per heavy atom. The Kier molecular flexibility index (Phi) is 7.75. The molecule has 1 heterocycles. The number of hydrogen-bond acceptors (Lipinski definition) is 4. The highest BCUT2D eigenvalue weighted by Gasteiger charge is 2.26. The third-order valence-corrected chi connectivity index (χ3v) is 5.54. The van der Waals surface area contributed by atoms with Crippen LogP contribution in [0.25, 0.3) is 0 Å².